The van der Waals surface area contributed by atoms with Crippen molar-refractivity contribution in [3.05, 3.63) is 0 Å². The molecule has 0 aliphatic rings. The van der Waals surface area contributed by atoms with Gasteiger partial charge in [-0.05, 0) is 13.8 Å². The van der Waals surface area contributed by atoms with Crippen molar-refractivity contribution >= 4 is 17.9 Å². The Balaban J connectivity index is -0.0000000793. The minimum atomic E-state index is -0.968. The maximum atomic E-state index is 9.24. The third-order valence-electron chi connectivity index (χ3n) is 0.524. The lowest BCUT2D eigenvalue weighted by molar-refractivity contribution is -0.136. The Bertz CT molecular complexity index is 198. The van der Waals surface area contributed by atoms with Crippen molar-refractivity contribution in [2.75, 3.05) is 19.6 Å². The predicted octanol–water partition coefficient (Wildman–Crippen LogP) is -2.52. The van der Waals surface area contributed by atoms with E-state index in [-0.39, 0.29) is 25.7 Å². The summed E-state index contributed by atoms with van der Waals surface area (Å²) in [5.41, 5.74) is 13.7. The molecule has 0 aromatic heterocycles. The van der Waals surface area contributed by atoms with Crippen LogP contribution in [0.25, 0.3) is 0 Å². The van der Waals surface area contributed by atoms with E-state index in [2.05, 4.69) is 17.2 Å². The van der Waals surface area contributed by atoms with Crippen LogP contribution in [0.15, 0.2) is 0 Å². The highest BCUT2D eigenvalue weighted by molar-refractivity contribution is 5.69. The van der Waals surface area contributed by atoms with Gasteiger partial charge in [0.05, 0.1) is 19.6 Å². The number of aliphatic hydroxyl groups is 1. The lowest BCUT2D eigenvalue weighted by Gasteiger charge is -1.80. The number of hydrogen-bond donors (Lipinski definition) is 7. The van der Waals surface area contributed by atoms with Gasteiger partial charge < -0.3 is 37.6 Å². The lowest BCUT2D eigenvalue weighted by atomic mass is 10.5. The third-order valence-corrected chi connectivity index (χ3v) is 0.524. The molecule has 0 spiro atoms. The second-order valence-corrected chi connectivity index (χ2v) is 2.89. The number of aliphatic carboxylic acids is 3. The van der Waals surface area contributed by atoms with Crippen LogP contribution in [0, 0.1) is 0 Å². The molecular formula is C9H23N3O7. The van der Waals surface area contributed by atoms with Crippen molar-refractivity contribution in [2.24, 2.45) is 17.2 Å². The molecule has 0 aromatic carbocycles. The topological polar surface area (TPSA) is 210 Å². The van der Waals surface area contributed by atoms with Gasteiger partial charge in [-0.25, -0.2) is 0 Å². The molecule has 10 nitrogen and oxygen atoms in total. The Labute approximate surface area is 110 Å². The molecule has 0 fully saturated rings. The molecule has 0 radical (unpaired) electrons. The van der Waals surface area contributed by atoms with Gasteiger partial charge in [-0.3, -0.25) is 14.4 Å². The maximum Gasteiger partial charge on any atom is 0.317 e. The quantitative estimate of drug-likeness (QED) is 0.289. The number of carbonyl (C=O) groups is 3. The standard InChI is InChI=1S/C3H8O.3C2H5NO2/c1-3(2)4;3*3-1-2(4)5/h3-4H,1-2H3;3*1,3H2,(H,4,5). The molecule has 10 heteroatoms. The molecule has 0 saturated carbocycles. The molecule has 0 amide bonds. The minimum absolute atomic E-state index is 0.167. The molecule has 10 N–H and O–H groups in total. The van der Waals surface area contributed by atoms with Crippen LogP contribution in [0.5, 0.6) is 0 Å². The summed E-state index contributed by atoms with van der Waals surface area (Å²) in [5, 5.41) is 30.8. The van der Waals surface area contributed by atoms with E-state index in [0.717, 1.165) is 0 Å². The van der Waals surface area contributed by atoms with E-state index in [1.165, 1.54) is 0 Å². The van der Waals surface area contributed by atoms with Gasteiger partial charge >= 0.3 is 17.9 Å². The number of aliphatic hydroxyl groups excluding tert-OH is 1. The molecule has 0 saturated heterocycles. The molecule has 0 rings (SSSR count). The van der Waals surface area contributed by atoms with Crippen molar-refractivity contribution in [3.63, 3.8) is 0 Å². The molecule has 0 atom stereocenters. The first-order valence-corrected chi connectivity index (χ1v) is 4.98. The monoisotopic (exact) mass is 285 g/mol. The Morgan fingerprint density at radius 2 is 0.842 bits per heavy atom. The van der Waals surface area contributed by atoms with Crippen molar-refractivity contribution in [2.45, 2.75) is 20.0 Å². The molecule has 0 bridgehead atoms. The Morgan fingerprint density at radius 1 is 0.789 bits per heavy atom. The summed E-state index contributed by atoms with van der Waals surface area (Å²) >= 11 is 0. The lowest BCUT2D eigenvalue weighted by Crippen LogP contribution is -2.10. The summed E-state index contributed by atoms with van der Waals surface area (Å²) in [4.78, 5) is 27.7. The molecule has 19 heavy (non-hydrogen) atoms. The molecule has 0 aromatic rings. The van der Waals surface area contributed by atoms with E-state index < -0.39 is 17.9 Å². The summed E-state index contributed by atoms with van der Waals surface area (Å²) in [6.07, 6.45) is -0.167. The Hall–Kier alpha value is -1.75. The van der Waals surface area contributed by atoms with Crippen molar-refractivity contribution in [3.8, 4) is 0 Å². The van der Waals surface area contributed by atoms with Gasteiger partial charge in [-0.15, -0.1) is 0 Å². The van der Waals surface area contributed by atoms with Gasteiger partial charge in [0.15, 0.2) is 0 Å². The summed E-state index contributed by atoms with van der Waals surface area (Å²) in [5.74, 6) is -2.90. The second kappa shape index (κ2) is 21.5. The molecule has 0 aliphatic carbocycles. The van der Waals surface area contributed by atoms with Gasteiger partial charge in [0.2, 0.25) is 0 Å². The van der Waals surface area contributed by atoms with E-state index in [1.807, 2.05) is 0 Å². The number of nitrogens with two attached hydrogens (primary N) is 3. The highest BCUT2D eigenvalue weighted by atomic mass is 16.4. The average Bonchev–Trinajstić information content (AvgIpc) is 2.29. The average molecular weight is 285 g/mol. The van der Waals surface area contributed by atoms with Gasteiger partial charge in [-0.1, -0.05) is 0 Å². The molecule has 116 valence electrons. The van der Waals surface area contributed by atoms with Gasteiger partial charge in [0.25, 0.3) is 0 Å². The SMILES string of the molecule is CC(C)O.NCC(=O)O.NCC(=O)O.NCC(=O)O. The fraction of sp³-hybridized carbons (Fsp3) is 0.667. The van der Waals surface area contributed by atoms with Crippen molar-refractivity contribution < 1.29 is 34.8 Å². The number of rotatable bonds is 3. The zero-order valence-corrected chi connectivity index (χ0v) is 10.9. The number of carboxylic acids is 3. The third kappa shape index (κ3) is 183. The summed E-state index contributed by atoms with van der Waals surface area (Å²) in [7, 11) is 0. The summed E-state index contributed by atoms with van der Waals surface area (Å²) in [6.45, 7) is 2.61. The first kappa shape index (κ1) is 25.9. The van der Waals surface area contributed by atoms with E-state index >= 15 is 0 Å². The largest absolute Gasteiger partial charge is 0.480 e. The van der Waals surface area contributed by atoms with Crippen LogP contribution in [0.2, 0.25) is 0 Å². The summed E-state index contributed by atoms with van der Waals surface area (Å²) in [6, 6.07) is 0. The minimum Gasteiger partial charge on any atom is -0.480 e. The first-order chi connectivity index (χ1) is 8.54. The number of carboxylic acid groups (broad SMARTS) is 3. The fourth-order valence-corrected chi connectivity index (χ4v) is 0. The zero-order chi connectivity index (χ0) is 16.4. The van der Waals surface area contributed by atoms with Crippen LogP contribution in [-0.4, -0.2) is 64.1 Å². The molecule has 0 unspecified atom stereocenters. The highest BCUT2D eigenvalue weighted by Gasteiger charge is 1.81. The van der Waals surface area contributed by atoms with E-state index in [9.17, 15) is 14.4 Å². The van der Waals surface area contributed by atoms with Gasteiger partial charge in [0.1, 0.15) is 0 Å². The normalized spacial score (nSPS) is 7.74. The van der Waals surface area contributed by atoms with E-state index in [1.54, 1.807) is 13.8 Å². The van der Waals surface area contributed by atoms with Crippen LogP contribution in [-0.2, 0) is 14.4 Å². The number of hydrogen-bond acceptors (Lipinski definition) is 7. The highest BCUT2D eigenvalue weighted by Crippen LogP contribution is 1.65. The van der Waals surface area contributed by atoms with E-state index in [0.29, 0.717) is 0 Å². The van der Waals surface area contributed by atoms with E-state index in [4.69, 9.17) is 20.4 Å². The predicted molar refractivity (Wildman–Crippen MR) is 67.4 cm³/mol. The second-order valence-electron chi connectivity index (χ2n) is 2.89. The fourth-order valence-electron chi connectivity index (χ4n) is 0. The van der Waals surface area contributed by atoms with Crippen LogP contribution >= 0.6 is 0 Å². The molecule has 0 heterocycles. The first-order valence-electron chi connectivity index (χ1n) is 4.98. The van der Waals surface area contributed by atoms with Crippen LogP contribution < -0.4 is 17.2 Å². The van der Waals surface area contributed by atoms with Crippen LogP contribution in [0.4, 0.5) is 0 Å². The van der Waals surface area contributed by atoms with Crippen LogP contribution in [0.3, 0.4) is 0 Å². The van der Waals surface area contributed by atoms with Crippen molar-refractivity contribution in [1.82, 2.24) is 0 Å². The van der Waals surface area contributed by atoms with Crippen molar-refractivity contribution in [1.29, 1.82) is 0 Å². The Morgan fingerprint density at radius 3 is 0.842 bits per heavy atom. The molecule has 0 aliphatic heterocycles. The smallest absolute Gasteiger partial charge is 0.317 e. The zero-order valence-electron chi connectivity index (χ0n) is 10.9. The van der Waals surface area contributed by atoms with Gasteiger partial charge in [0, 0.05) is 6.10 Å². The van der Waals surface area contributed by atoms with Gasteiger partial charge in [-0.2, -0.15) is 0 Å². The summed E-state index contributed by atoms with van der Waals surface area (Å²) < 4.78 is 0. The van der Waals surface area contributed by atoms with Crippen LogP contribution in [0.1, 0.15) is 13.8 Å². The Kier molecular flexibility index (Phi) is 29.4. The maximum absolute atomic E-state index is 9.24. The molecular weight excluding hydrogens is 262 g/mol.